The first-order chi connectivity index (χ1) is 7.09. The lowest BCUT2D eigenvalue weighted by Crippen LogP contribution is -2.07. The van der Waals surface area contributed by atoms with E-state index in [1.165, 1.54) is 6.07 Å². The summed E-state index contributed by atoms with van der Waals surface area (Å²) in [7, 11) is 0. The third-order valence-electron chi connectivity index (χ3n) is 1.62. The molecular formula is C9H8F2N2O2. The van der Waals surface area contributed by atoms with Crippen molar-refractivity contribution >= 4 is 0 Å². The minimum absolute atomic E-state index is 0.0659. The predicted molar refractivity (Wildman–Crippen MR) is 49.3 cm³/mol. The number of hydrogen-bond donors (Lipinski definition) is 1. The van der Waals surface area contributed by atoms with Crippen LogP contribution in [0.15, 0.2) is 30.6 Å². The first kappa shape index (κ1) is 11.1. The van der Waals surface area contributed by atoms with Crippen LogP contribution in [0.5, 0.6) is 0 Å². The summed E-state index contributed by atoms with van der Waals surface area (Å²) in [5.41, 5.74) is 0.240. The third kappa shape index (κ3) is 3.72. The highest BCUT2D eigenvalue weighted by molar-refractivity contribution is 5.18. The molecule has 1 rings (SSSR count). The maximum absolute atomic E-state index is 13.0. The van der Waals surface area contributed by atoms with Crippen molar-refractivity contribution in [1.82, 2.24) is 5.32 Å². The Bertz CT molecular complexity index is 394. The maximum Gasteiger partial charge on any atom is 0.249 e. The molecule has 1 N–H and O–H groups in total. The molecule has 0 saturated carbocycles. The molecule has 15 heavy (non-hydrogen) atoms. The van der Waals surface area contributed by atoms with Crippen molar-refractivity contribution < 1.29 is 13.7 Å². The van der Waals surface area contributed by atoms with Gasteiger partial charge >= 0.3 is 0 Å². The molecule has 0 radical (unpaired) electrons. The monoisotopic (exact) mass is 214 g/mol. The molecule has 0 saturated heterocycles. The van der Waals surface area contributed by atoms with E-state index in [1.54, 1.807) is 0 Å². The van der Waals surface area contributed by atoms with Crippen molar-refractivity contribution in [2.24, 2.45) is 0 Å². The Labute approximate surface area is 84.4 Å². The molecule has 6 heteroatoms. The van der Waals surface area contributed by atoms with Crippen molar-refractivity contribution in [2.45, 2.75) is 6.54 Å². The summed E-state index contributed by atoms with van der Waals surface area (Å²) in [6, 6.07) is 3.16. The van der Waals surface area contributed by atoms with Crippen LogP contribution in [-0.4, -0.2) is 4.92 Å². The normalized spacial score (nSPS) is 10.5. The lowest BCUT2D eigenvalue weighted by atomic mass is 10.2. The first-order valence-electron chi connectivity index (χ1n) is 4.07. The van der Waals surface area contributed by atoms with E-state index in [9.17, 15) is 18.9 Å². The van der Waals surface area contributed by atoms with E-state index in [2.05, 4.69) is 5.32 Å². The van der Waals surface area contributed by atoms with Crippen molar-refractivity contribution in [1.29, 1.82) is 0 Å². The summed E-state index contributed by atoms with van der Waals surface area (Å²) in [6.45, 7) is 0.0659. The Hall–Kier alpha value is -1.98. The zero-order chi connectivity index (χ0) is 11.3. The van der Waals surface area contributed by atoms with Crippen molar-refractivity contribution in [3.63, 3.8) is 0 Å². The first-order valence-corrected chi connectivity index (χ1v) is 4.07. The molecule has 0 spiro atoms. The second kappa shape index (κ2) is 5.04. The van der Waals surface area contributed by atoms with Gasteiger partial charge in [0.2, 0.25) is 6.20 Å². The largest absolute Gasteiger partial charge is 0.382 e. The fraction of sp³-hybridized carbons (Fsp3) is 0.111. The van der Waals surface area contributed by atoms with Crippen LogP contribution in [0.4, 0.5) is 8.78 Å². The molecule has 1 aromatic rings. The fourth-order valence-electron chi connectivity index (χ4n) is 0.947. The van der Waals surface area contributed by atoms with Gasteiger partial charge in [-0.3, -0.25) is 10.1 Å². The Morgan fingerprint density at radius 3 is 2.80 bits per heavy atom. The van der Waals surface area contributed by atoms with Gasteiger partial charge in [-0.2, -0.15) is 0 Å². The molecular weight excluding hydrogens is 206 g/mol. The van der Waals surface area contributed by atoms with Crippen LogP contribution in [-0.2, 0) is 6.54 Å². The van der Waals surface area contributed by atoms with Gasteiger partial charge in [0, 0.05) is 18.2 Å². The van der Waals surface area contributed by atoms with E-state index >= 15 is 0 Å². The van der Waals surface area contributed by atoms with Crippen LogP contribution in [0, 0.1) is 21.7 Å². The molecule has 0 aliphatic carbocycles. The molecule has 0 heterocycles. The Kier molecular flexibility index (Phi) is 3.73. The zero-order valence-corrected chi connectivity index (χ0v) is 7.61. The van der Waals surface area contributed by atoms with E-state index in [1.807, 2.05) is 0 Å². The van der Waals surface area contributed by atoms with E-state index in [4.69, 9.17) is 0 Å². The SMILES string of the molecule is O=[N+]([O-])C=CNCc1ccc(F)cc1F. The quantitative estimate of drug-likeness (QED) is 0.614. The highest BCUT2D eigenvalue weighted by Crippen LogP contribution is 2.08. The summed E-state index contributed by atoms with van der Waals surface area (Å²) < 4.78 is 25.5. The van der Waals surface area contributed by atoms with Crippen LogP contribution in [0.1, 0.15) is 5.56 Å². The summed E-state index contributed by atoms with van der Waals surface area (Å²) >= 11 is 0. The Balaban J connectivity index is 2.54. The number of hydrogen-bond acceptors (Lipinski definition) is 3. The minimum Gasteiger partial charge on any atom is -0.382 e. The number of nitro groups is 1. The van der Waals surface area contributed by atoms with Gasteiger partial charge in [0.1, 0.15) is 11.6 Å². The molecule has 4 nitrogen and oxygen atoms in total. The van der Waals surface area contributed by atoms with Gasteiger partial charge in [0.25, 0.3) is 0 Å². The third-order valence-corrected chi connectivity index (χ3v) is 1.62. The van der Waals surface area contributed by atoms with Crippen LogP contribution < -0.4 is 5.32 Å². The van der Waals surface area contributed by atoms with Crippen molar-refractivity contribution in [3.05, 3.63) is 57.9 Å². The molecule has 0 aliphatic rings. The van der Waals surface area contributed by atoms with Gasteiger partial charge in [-0.05, 0) is 6.07 Å². The molecule has 0 aliphatic heterocycles. The summed E-state index contributed by atoms with van der Waals surface area (Å²) in [5, 5.41) is 12.4. The van der Waals surface area contributed by atoms with Gasteiger partial charge in [-0.1, -0.05) is 6.07 Å². The minimum atomic E-state index is -0.683. The molecule has 1 aromatic carbocycles. The number of halogens is 2. The molecule has 0 fully saturated rings. The van der Waals surface area contributed by atoms with Crippen molar-refractivity contribution in [3.8, 4) is 0 Å². The highest BCUT2D eigenvalue weighted by Gasteiger charge is 2.01. The average molecular weight is 214 g/mol. The summed E-state index contributed by atoms with van der Waals surface area (Å²) in [5.74, 6) is -1.34. The number of benzene rings is 1. The van der Waals surface area contributed by atoms with E-state index < -0.39 is 16.6 Å². The lowest BCUT2D eigenvalue weighted by molar-refractivity contribution is -0.402. The van der Waals surface area contributed by atoms with Crippen LogP contribution in [0.25, 0.3) is 0 Å². The smallest absolute Gasteiger partial charge is 0.249 e. The second-order valence-corrected chi connectivity index (χ2v) is 2.72. The lowest BCUT2D eigenvalue weighted by Gasteiger charge is -2.01. The number of nitrogens with zero attached hydrogens (tertiary/aromatic N) is 1. The van der Waals surface area contributed by atoms with Crippen LogP contribution in [0.3, 0.4) is 0 Å². The molecule has 0 aromatic heterocycles. The Morgan fingerprint density at radius 2 is 2.20 bits per heavy atom. The van der Waals surface area contributed by atoms with Crippen LogP contribution >= 0.6 is 0 Å². The summed E-state index contributed by atoms with van der Waals surface area (Å²) in [4.78, 5) is 9.23. The highest BCUT2D eigenvalue weighted by atomic mass is 19.1. The van der Waals surface area contributed by atoms with Crippen molar-refractivity contribution in [2.75, 3.05) is 0 Å². The number of rotatable bonds is 4. The maximum atomic E-state index is 13.0. The average Bonchev–Trinajstić information content (AvgIpc) is 2.14. The molecule has 0 bridgehead atoms. The van der Waals surface area contributed by atoms with E-state index in [0.717, 1.165) is 18.3 Å². The predicted octanol–water partition coefficient (Wildman–Crippen LogP) is 1.80. The number of nitrogens with one attached hydrogen (secondary N) is 1. The van der Waals surface area contributed by atoms with Gasteiger partial charge in [-0.15, -0.1) is 0 Å². The fourth-order valence-corrected chi connectivity index (χ4v) is 0.947. The molecule has 0 amide bonds. The second-order valence-electron chi connectivity index (χ2n) is 2.72. The topological polar surface area (TPSA) is 55.2 Å². The van der Waals surface area contributed by atoms with Gasteiger partial charge in [0.15, 0.2) is 0 Å². The summed E-state index contributed by atoms with van der Waals surface area (Å²) in [6.07, 6.45) is 1.78. The zero-order valence-electron chi connectivity index (χ0n) is 7.61. The standard InChI is InChI=1S/C9H8F2N2O2/c10-8-2-1-7(9(11)5-8)6-12-3-4-13(14)15/h1-5,12H,6H2. The van der Waals surface area contributed by atoms with Gasteiger partial charge in [0.05, 0.1) is 11.1 Å². The molecule has 80 valence electrons. The van der Waals surface area contributed by atoms with Gasteiger partial charge in [-0.25, -0.2) is 8.78 Å². The van der Waals surface area contributed by atoms with E-state index in [0.29, 0.717) is 6.20 Å². The van der Waals surface area contributed by atoms with E-state index in [-0.39, 0.29) is 12.1 Å². The molecule has 0 atom stereocenters. The molecule has 0 unspecified atom stereocenters. The van der Waals surface area contributed by atoms with Crippen LogP contribution in [0.2, 0.25) is 0 Å². The Morgan fingerprint density at radius 1 is 1.47 bits per heavy atom. The van der Waals surface area contributed by atoms with Gasteiger partial charge < -0.3 is 5.32 Å².